The van der Waals surface area contributed by atoms with Crippen LogP contribution in [0, 0.1) is 5.82 Å². The number of benzene rings is 1. The van der Waals surface area contributed by atoms with Crippen LogP contribution in [0.4, 0.5) is 4.39 Å². The van der Waals surface area contributed by atoms with Crippen molar-refractivity contribution < 1.29 is 18.7 Å². The molecule has 1 aromatic carbocycles. The van der Waals surface area contributed by atoms with Crippen molar-refractivity contribution in [3.63, 3.8) is 0 Å². The zero-order chi connectivity index (χ0) is 16.3. The van der Waals surface area contributed by atoms with Gasteiger partial charge in [0.25, 0.3) is 0 Å². The van der Waals surface area contributed by atoms with Crippen molar-refractivity contribution in [2.45, 2.75) is 43.4 Å². The lowest BCUT2D eigenvalue weighted by Gasteiger charge is -2.39. The quantitative estimate of drug-likeness (QED) is 0.880. The van der Waals surface area contributed by atoms with E-state index in [9.17, 15) is 9.18 Å². The first-order valence-corrected chi connectivity index (χ1v) is 8.14. The lowest BCUT2D eigenvalue weighted by molar-refractivity contribution is -0.135. The van der Waals surface area contributed by atoms with E-state index in [0.717, 1.165) is 12.0 Å². The fraction of sp³-hybridized carbons (Fsp3) is 0.588. The van der Waals surface area contributed by atoms with Gasteiger partial charge >= 0.3 is 0 Å². The Balaban J connectivity index is 1.78. The normalized spacial score (nSPS) is 26.9. The van der Waals surface area contributed by atoms with Crippen molar-refractivity contribution in [2.75, 3.05) is 19.8 Å². The lowest BCUT2D eigenvalue weighted by atomic mass is 9.82. The van der Waals surface area contributed by atoms with Crippen LogP contribution in [-0.4, -0.2) is 37.9 Å². The number of halogens is 1. The highest BCUT2D eigenvalue weighted by Crippen LogP contribution is 2.33. The molecule has 5 nitrogen and oxygen atoms in total. The molecule has 2 saturated heterocycles. The highest BCUT2D eigenvalue weighted by molar-refractivity contribution is 5.82. The van der Waals surface area contributed by atoms with E-state index in [4.69, 9.17) is 15.2 Å². The van der Waals surface area contributed by atoms with Crippen molar-refractivity contribution in [2.24, 2.45) is 5.73 Å². The molecule has 0 bridgehead atoms. The van der Waals surface area contributed by atoms with Crippen molar-refractivity contribution in [3.8, 4) is 0 Å². The molecule has 1 aromatic rings. The summed E-state index contributed by atoms with van der Waals surface area (Å²) in [5.74, 6) is -0.449. The molecule has 3 N–H and O–H groups in total. The summed E-state index contributed by atoms with van der Waals surface area (Å²) >= 11 is 0. The van der Waals surface area contributed by atoms with Crippen LogP contribution in [0.15, 0.2) is 24.3 Å². The van der Waals surface area contributed by atoms with E-state index in [1.807, 2.05) is 6.07 Å². The minimum Gasteiger partial charge on any atom is -0.381 e. The summed E-state index contributed by atoms with van der Waals surface area (Å²) in [6.07, 6.45) is 2.18. The summed E-state index contributed by atoms with van der Waals surface area (Å²) in [4.78, 5) is 12.6. The molecule has 0 unspecified atom stereocenters. The number of nitrogens with one attached hydrogen (secondary N) is 1. The minimum atomic E-state index is -0.596. The maximum absolute atomic E-state index is 13.6. The van der Waals surface area contributed by atoms with Crippen molar-refractivity contribution in [3.05, 3.63) is 35.6 Å². The third-order valence-electron chi connectivity index (χ3n) is 4.75. The Bertz CT molecular complexity index is 561. The second-order valence-corrected chi connectivity index (χ2v) is 6.25. The third-order valence-corrected chi connectivity index (χ3v) is 4.75. The Kier molecular flexibility index (Phi) is 4.94. The molecule has 2 aliphatic rings. The van der Waals surface area contributed by atoms with Gasteiger partial charge in [-0.2, -0.15) is 0 Å². The monoisotopic (exact) mass is 322 g/mol. The van der Waals surface area contributed by atoms with Crippen LogP contribution in [0.25, 0.3) is 0 Å². The summed E-state index contributed by atoms with van der Waals surface area (Å²) in [6.45, 7) is 1.49. The first-order chi connectivity index (χ1) is 11.1. The average molecular weight is 322 g/mol. The zero-order valence-corrected chi connectivity index (χ0v) is 13.1. The molecule has 0 radical (unpaired) electrons. The number of hydrogen-bond donors (Lipinski definition) is 2. The first kappa shape index (κ1) is 16.4. The molecule has 0 aromatic heterocycles. The van der Waals surface area contributed by atoms with Gasteiger partial charge in [-0.3, -0.25) is 4.79 Å². The van der Waals surface area contributed by atoms with Crippen LogP contribution in [0.5, 0.6) is 0 Å². The van der Waals surface area contributed by atoms with Crippen LogP contribution >= 0.6 is 0 Å². The Morgan fingerprint density at radius 1 is 1.35 bits per heavy atom. The van der Waals surface area contributed by atoms with Gasteiger partial charge in [-0.15, -0.1) is 0 Å². The second-order valence-electron chi connectivity index (χ2n) is 6.25. The highest BCUT2D eigenvalue weighted by Gasteiger charge is 2.39. The third kappa shape index (κ3) is 3.54. The lowest BCUT2D eigenvalue weighted by Crippen LogP contribution is -2.52. The molecule has 2 fully saturated rings. The Hall–Kier alpha value is -1.50. The van der Waals surface area contributed by atoms with Crippen LogP contribution in [0.1, 0.15) is 31.2 Å². The average Bonchev–Trinajstić information content (AvgIpc) is 3.05. The van der Waals surface area contributed by atoms with Gasteiger partial charge in [0.15, 0.2) is 0 Å². The SMILES string of the molecule is NC[C@H]1CC[C@@H](C(=O)NC2(c3cccc(F)c3)CCOCC2)O1. The van der Waals surface area contributed by atoms with E-state index in [0.29, 0.717) is 39.0 Å². The summed E-state index contributed by atoms with van der Waals surface area (Å²) in [6, 6.07) is 6.42. The summed E-state index contributed by atoms with van der Waals surface area (Å²) in [5.41, 5.74) is 5.78. The van der Waals surface area contributed by atoms with Crippen LogP contribution in [0.3, 0.4) is 0 Å². The summed E-state index contributed by atoms with van der Waals surface area (Å²) in [5, 5.41) is 3.11. The molecule has 2 heterocycles. The predicted molar refractivity (Wildman–Crippen MR) is 83.2 cm³/mol. The number of amides is 1. The molecule has 1 amide bonds. The van der Waals surface area contributed by atoms with E-state index >= 15 is 0 Å². The van der Waals surface area contributed by atoms with Gasteiger partial charge in [-0.25, -0.2) is 4.39 Å². The van der Waals surface area contributed by atoms with E-state index < -0.39 is 11.6 Å². The topological polar surface area (TPSA) is 73.6 Å². The van der Waals surface area contributed by atoms with E-state index in [1.54, 1.807) is 6.07 Å². The Morgan fingerprint density at radius 2 is 2.13 bits per heavy atom. The molecule has 6 heteroatoms. The van der Waals surface area contributed by atoms with Crippen LogP contribution in [0.2, 0.25) is 0 Å². The fourth-order valence-corrected chi connectivity index (χ4v) is 3.38. The molecule has 3 rings (SSSR count). The van der Waals surface area contributed by atoms with Gasteiger partial charge < -0.3 is 20.5 Å². The van der Waals surface area contributed by atoms with Gasteiger partial charge in [0.2, 0.25) is 5.91 Å². The molecular weight excluding hydrogens is 299 g/mol. The second kappa shape index (κ2) is 6.95. The number of carbonyl (C=O) groups excluding carboxylic acids is 1. The molecule has 0 spiro atoms. The number of hydrogen-bond acceptors (Lipinski definition) is 4. The Labute approximate surface area is 135 Å². The molecule has 126 valence electrons. The molecule has 2 atom stereocenters. The maximum Gasteiger partial charge on any atom is 0.249 e. The molecular formula is C17H23FN2O3. The van der Waals surface area contributed by atoms with Crippen molar-refractivity contribution >= 4 is 5.91 Å². The highest BCUT2D eigenvalue weighted by atomic mass is 19.1. The fourth-order valence-electron chi connectivity index (χ4n) is 3.38. The van der Waals surface area contributed by atoms with E-state index in [2.05, 4.69) is 5.32 Å². The number of nitrogens with two attached hydrogens (primary N) is 1. The largest absolute Gasteiger partial charge is 0.381 e. The Morgan fingerprint density at radius 3 is 2.78 bits per heavy atom. The molecule has 23 heavy (non-hydrogen) atoms. The van der Waals surface area contributed by atoms with E-state index in [-0.39, 0.29) is 17.8 Å². The van der Waals surface area contributed by atoms with Crippen molar-refractivity contribution in [1.82, 2.24) is 5.32 Å². The van der Waals surface area contributed by atoms with Gasteiger partial charge in [-0.1, -0.05) is 12.1 Å². The van der Waals surface area contributed by atoms with Crippen molar-refractivity contribution in [1.29, 1.82) is 0 Å². The number of ether oxygens (including phenoxy) is 2. The zero-order valence-electron chi connectivity index (χ0n) is 13.1. The standard InChI is InChI=1S/C17H23FN2O3/c18-13-3-1-2-12(10-13)17(6-8-22-9-7-17)20-16(21)15-5-4-14(11-19)23-15/h1-3,10,14-15H,4-9,11,19H2,(H,20,21)/t14-,15+/m1/s1. The minimum absolute atomic E-state index is 0.0504. The molecule has 2 aliphatic heterocycles. The smallest absolute Gasteiger partial charge is 0.249 e. The molecule has 0 saturated carbocycles. The van der Waals surface area contributed by atoms with Gasteiger partial charge in [0.05, 0.1) is 11.6 Å². The predicted octanol–water partition coefficient (Wildman–Crippen LogP) is 1.45. The number of rotatable bonds is 4. The van der Waals surface area contributed by atoms with Crippen LogP contribution < -0.4 is 11.1 Å². The maximum atomic E-state index is 13.6. The van der Waals surface area contributed by atoms with Gasteiger partial charge in [-0.05, 0) is 43.4 Å². The first-order valence-electron chi connectivity index (χ1n) is 8.14. The van der Waals surface area contributed by atoms with Gasteiger partial charge in [0.1, 0.15) is 11.9 Å². The van der Waals surface area contributed by atoms with Crippen LogP contribution in [-0.2, 0) is 19.8 Å². The number of carbonyl (C=O) groups is 1. The van der Waals surface area contributed by atoms with E-state index in [1.165, 1.54) is 12.1 Å². The summed E-state index contributed by atoms with van der Waals surface area (Å²) in [7, 11) is 0. The molecule has 0 aliphatic carbocycles. The summed E-state index contributed by atoms with van der Waals surface area (Å²) < 4.78 is 24.7. The van der Waals surface area contributed by atoms with Gasteiger partial charge in [0, 0.05) is 19.8 Å².